The minimum Gasteiger partial charge on any atom is -0.336 e. The van der Waals surface area contributed by atoms with E-state index in [9.17, 15) is 19.7 Å². The number of hydrogen-bond acceptors (Lipinski definition) is 7. The number of carbonyl (C=O) groups excluding carboxylic acids is 2. The number of nitrogens with zero attached hydrogens (tertiary/aromatic N) is 4. The average Bonchev–Trinajstić information content (AvgIpc) is 3.45. The van der Waals surface area contributed by atoms with Gasteiger partial charge < -0.3 is 15.1 Å². The first-order valence-corrected chi connectivity index (χ1v) is 11.1. The molecule has 0 spiro atoms. The van der Waals surface area contributed by atoms with Gasteiger partial charge in [0.1, 0.15) is 0 Å². The molecule has 0 unspecified atom stereocenters. The summed E-state index contributed by atoms with van der Waals surface area (Å²) in [6, 6.07) is 5.98. The second-order valence-electron chi connectivity index (χ2n) is 7.62. The normalized spacial score (nSPS) is 23.7. The molecule has 2 atom stereocenters. The van der Waals surface area contributed by atoms with Gasteiger partial charge in [0, 0.05) is 68.8 Å². The molecule has 0 radical (unpaired) electrons. The summed E-state index contributed by atoms with van der Waals surface area (Å²) < 4.78 is 0. The number of rotatable bonds is 4. The Morgan fingerprint density at radius 3 is 2.29 bits per heavy atom. The molecule has 1 aromatic rings. The van der Waals surface area contributed by atoms with Crippen LogP contribution < -0.4 is 5.32 Å². The van der Waals surface area contributed by atoms with Crippen molar-refractivity contribution < 1.29 is 14.5 Å². The molecule has 0 saturated carbocycles. The average molecular weight is 492 g/mol. The van der Waals surface area contributed by atoms with Crippen LogP contribution in [-0.4, -0.2) is 94.4 Å². The van der Waals surface area contributed by atoms with Crippen LogP contribution in [0.3, 0.4) is 0 Å². The number of non-ortho nitro benzene ring substituents is 1. The maximum atomic E-state index is 12.7. The van der Waals surface area contributed by atoms with Crippen LogP contribution in [0.2, 0.25) is 0 Å². The van der Waals surface area contributed by atoms with Gasteiger partial charge in [-0.3, -0.25) is 24.6 Å². The Balaban J connectivity index is 0.00000171. The molecule has 31 heavy (non-hydrogen) atoms. The monoisotopic (exact) mass is 491 g/mol. The van der Waals surface area contributed by atoms with E-state index in [1.54, 1.807) is 16.7 Å². The van der Waals surface area contributed by atoms with Gasteiger partial charge in [-0.05, 0) is 18.6 Å². The van der Waals surface area contributed by atoms with E-state index in [0.717, 1.165) is 44.2 Å². The molecule has 2 amide bonds. The number of hydrogen-bond donors (Lipinski definition) is 1. The summed E-state index contributed by atoms with van der Waals surface area (Å²) in [4.78, 5) is 41.6. The lowest BCUT2D eigenvalue weighted by atomic mass is 10.1. The summed E-state index contributed by atoms with van der Waals surface area (Å²) in [7, 11) is 0. The highest BCUT2D eigenvalue weighted by Crippen LogP contribution is 2.21. The Morgan fingerprint density at radius 2 is 1.71 bits per heavy atom. The van der Waals surface area contributed by atoms with Gasteiger partial charge in [0.15, 0.2) is 0 Å². The van der Waals surface area contributed by atoms with Gasteiger partial charge in [0.2, 0.25) is 5.91 Å². The second-order valence-corrected chi connectivity index (χ2v) is 8.70. The highest BCUT2D eigenvalue weighted by Gasteiger charge is 2.37. The van der Waals surface area contributed by atoms with Gasteiger partial charge in [0.25, 0.3) is 11.6 Å². The fraction of sp³-hybridized carbons (Fsp3) is 0.579. The number of piperazine rings is 1. The summed E-state index contributed by atoms with van der Waals surface area (Å²) in [5, 5.41) is 14.1. The Morgan fingerprint density at radius 1 is 1.03 bits per heavy atom. The number of halogens is 2. The van der Waals surface area contributed by atoms with Crippen LogP contribution in [0.25, 0.3) is 0 Å². The Hall–Kier alpha value is -1.59. The molecule has 3 saturated heterocycles. The Labute approximate surface area is 197 Å². The van der Waals surface area contributed by atoms with Crippen molar-refractivity contribution in [2.75, 3.05) is 50.9 Å². The maximum absolute atomic E-state index is 12.7. The minimum atomic E-state index is -0.469. The van der Waals surface area contributed by atoms with Crippen LogP contribution in [0.15, 0.2) is 24.3 Å². The van der Waals surface area contributed by atoms with Gasteiger partial charge in [-0.2, -0.15) is 0 Å². The predicted octanol–water partition coefficient (Wildman–Crippen LogP) is 1.46. The fourth-order valence-corrected chi connectivity index (χ4v) is 5.15. The fourth-order valence-electron chi connectivity index (χ4n) is 4.19. The van der Waals surface area contributed by atoms with Crippen molar-refractivity contribution in [2.45, 2.75) is 18.5 Å². The summed E-state index contributed by atoms with van der Waals surface area (Å²) in [6.07, 6.45) is 0.816. The van der Waals surface area contributed by atoms with E-state index >= 15 is 0 Å². The first-order chi connectivity index (χ1) is 14.0. The zero-order chi connectivity index (χ0) is 20.4. The third kappa shape index (κ3) is 5.81. The maximum Gasteiger partial charge on any atom is 0.269 e. The van der Waals surface area contributed by atoms with Gasteiger partial charge >= 0.3 is 0 Å². The SMILES string of the molecule is Cl.Cl.O=C(c1ccc([N+](=O)[O-])cc1)N1CCN([C@@H]2CN[C@H](C(=O)N3CCSC3)C2)CC1. The van der Waals surface area contributed by atoms with Gasteiger partial charge in [-0.1, -0.05) is 0 Å². The molecule has 172 valence electrons. The largest absolute Gasteiger partial charge is 0.336 e. The van der Waals surface area contributed by atoms with Crippen molar-refractivity contribution in [3.05, 3.63) is 39.9 Å². The van der Waals surface area contributed by atoms with E-state index in [1.165, 1.54) is 24.3 Å². The number of carbonyl (C=O) groups is 2. The van der Waals surface area contributed by atoms with Gasteiger partial charge in [-0.25, -0.2) is 0 Å². The number of amides is 2. The van der Waals surface area contributed by atoms with E-state index in [0.29, 0.717) is 24.7 Å². The van der Waals surface area contributed by atoms with Crippen LogP contribution in [0, 0.1) is 10.1 Å². The molecule has 1 aromatic carbocycles. The highest BCUT2D eigenvalue weighted by atomic mass is 35.5. The minimum absolute atomic E-state index is 0. The van der Waals surface area contributed by atoms with Crippen LogP contribution in [-0.2, 0) is 4.79 Å². The molecule has 3 heterocycles. The zero-order valence-electron chi connectivity index (χ0n) is 17.0. The Kier molecular flexibility index (Phi) is 9.38. The van der Waals surface area contributed by atoms with E-state index in [1.807, 2.05) is 4.90 Å². The summed E-state index contributed by atoms with van der Waals surface area (Å²) in [5.41, 5.74) is 0.456. The lowest BCUT2D eigenvalue weighted by Crippen LogP contribution is -2.52. The molecular formula is C19H27Cl2N5O4S. The van der Waals surface area contributed by atoms with E-state index in [4.69, 9.17) is 0 Å². The molecule has 3 aliphatic heterocycles. The van der Waals surface area contributed by atoms with Crippen molar-refractivity contribution in [2.24, 2.45) is 0 Å². The number of nitro groups is 1. The first kappa shape index (κ1) is 25.7. The topological polar surface area (TPSA) is 99.0 Å². The third-order valence-electron chi connectivity index (χ3n) is 5.91. The van der Waals surface area contributed by atoms with Gasteiger partial charge in [0.05, 0.1) is 16.8 Å². The summed E-state index contributed by atoms with van der Waals surface area (Å²) in [6.45, 7) is 4.42. The molecule has 3 fully saturated rings. The molecule has 9 nitrogen and oxygen atoms in total. The summed E-state index contributed by atoms with van der Waals surface area (Å²) >= 11 is 1.80. The molecule has 1 N–H and O–H groups in total. The lowest BCUT2D eigenvalue weighted by Gasteiger charge is -2.38. The van der Waals surface area contributed by atoms with Crippen LogP contribution in [0.4, 0.5) is 5.69 Å². The number of nitro benzene ring substituents is 1. The van der Waals surface area contributed by atoms with Crippen molar-refractivity contribution in [3.8, 4) is 0 Å². The van der Waals surface area contributed by atoms with Crippen LogP contribution in [0.1, 0.15) is 16.8 Å². The second kappa shape index (κ2) is 11.3. The summed E-state index contributed by atoms with van der Waals surface area (Å²) in [5.74, 6) is 1.94. The van der Waals surface area contributed by atoms with Crippen molar-refractivity contribution in [3.63, 3.8) is 0 Å². The molecule has 3 aliphatic rings. The van der Waals surface area contributed by atoms with E-state index in [2.05, 4.69) is 10.2 Å². The third-order valence-corrected chi connectivity index (χ3v) is 6.88. The standard InChI is InChI=1S/C19H25N5O4S.2ClH/c25-18(14-1-3-15(4-2-14)24(27)28)22-7-5-21(6-8-22)16-11-17(20-12-16)19(26)23-9-10-29-13-23;;/h1-4,16-17,20H,5-13H2;2*1H/t16-,17-;;/m0../s1. The van der Waals surface area contributed by atoms with Crippen molar-refractivity contribution in [1.82, 2.24) is 20.0 Å². The van der Waals surface area contributed by atoms with Gasteiger partial charge in [-0.15, -0.1) is 36.6 Å². The number of nitrogens with one attached hydrogen (secondary N) is 1. The number of thioether (sulfide) groups is 1. The van der Waals surface area contributed by atoms with Crippen LogP contribution >= 0.6 is 36.6 Å². The quantitative estimate of drug-likeness (QED) is 0.502. The molecule has 0 aliphatic carbocycles. The van der Waals surface area contributed by atoms with Crippen molar-refractivity contribution >= 4 is 54.1 Å². The Bertz CT molecular complexity index is 786. The highest BCUT2D eigenvalue weighted by molar-refractivity contribution is 7.99. The molecular weight excluding hydrogens is 465 g/mol. The van der Waals surface area contributed by atoms with E-state index in [-0.39, 0.29) is 48.4 Å². The smallest absolute Gasteiger partial charge is 0.269 e. The zero-order valence-corrected chi connectivity index (χ0v) is 19.4. The van der Waals surface area contributed by atoms with E-state index < -0.39 is 4.92 Å². The molecule has 12 heteroatoms. The molecule has 4 rings (SSSR count). The lowest BCUT2D eigenvalue weighted by molar-refractivity contribution is -0.384. The predicted molar refractivity (Wildman–Crippen MR) is 124 cm³/mol. The first-order valence-electron chi connectivity index (χ1n) is 9.90. The number of benzene rings is 1. The van der Waals surface area contributed by atoms with Crippen molar-refractivity contribution in [1.29, 1.82) is 0 Å². The molecule has 0 aromatic heterocycles. The van der Waals surface area contributed by atoms with Crippen LogP contribution in [0.5, 0.6) is 0 Å². The molecule has 0 bridgehead atoms.